The van der Waals surface area contributed by atoms with Crippen LogP contribution in [0.3, 0.4) is 0 Å². The second kappa shape index (κ2) is 12.6. The molecule has 2 nitrogen and oxygen atoms in total. The van der Waals surface area contributed by atoms with Crippen molar-refractivity contribution in [1.82, 2.24) is 4.98 Å². The van der Waals surface area contributed by atoms with Gasteiger partial charge < -0.3 is 4.90 Å². The van der Waals surface area contributed by atoms with E-state index in [4.69, 9.17) is 4.98 Å². The van der Waals surface area contributed by atoms with Gasteiger partial charge in [0.05, 0.1) is 16.3 Å². The predicted octanol–water partition coefficient (Wildman–Crippen LogP) is 14.1. The van der Waals surface area contributed by atoms with Crippen molar-refractivity contribution in [3.8, 4) is 65.6 Å². The van der Waals surface area contributed by atoms with Gasteiger partial charge in [-0.15, -0.1) is 11.3 Å². The molecule has 0 spiro atoms. The molecule has 0 N–H and O–H groups in total. The molecular formula is C49H32N2S. The first kappa shape index (κ1) is 30.3. The van der Waals surface area contributed by atoms with E-state index in [1.807, 2.05) is 0 Å². The van der Waals surface area contributed by atoms with Crippen molar-refractivity contribution in [3.05, 3.63) is 194 Å². The number of benzene rings is 8. The lowest BCUT2D eigenvalue weighted by Crippen LogP contribution is -2.10. The first-order chi connectivity index (χ1) is 25.8. The number of thiazole rings is 1. The summed E-state index contributed by atoms with van der Waals surface area (Å²) in [6, 6.07) is 69.7. The first-order valence-electron chi connectivity index (χ1n) is 17.6. The second-order valence-electron chi connectivity index (χ2n) is 13.2. The van der Waals surface area contributed by atoms with Crippen molar-refractivity contribution < 1.29 is 0 Å². The van der Waals surface area contributed by atoms with Crippen LogP contribution in [-0.2, 0) is 0 Å². The summed E-state index contributed by atoms with van der Waals surface area (Å²) in [7, 11) is 0. The molecule has 0 radical (unpaired) electrons. The van der Waals surface area contributed by atoms with Gasteiger partial charge in [0.1, 0.15) is 5.01 Å². The summed E-state index contributed by atoms with van der Waals surface area (Å²) in [5, 5.41) is 3.55. The Balaban J connectivity index is 1.07. The maximum atomic E-state index is 5.20. The zero-order valence-electron chi connectivity index (χ0n) is 28.3. The van der Waals surface area contributed by atoms with Crippen LogP contribution >= 0.6 is 11.3 Å². The third kappa shape index (κ3) is 5.22. The number of fused-ring (bicyclic) bond motifs is 3. The normalized spacial score (nSPS) is 11.5. The number of rotatable bonds is 7. The van der Waals surface area contributed by atoms with Gasteiger partial charge in [-0.1, -0.05) is 164 Å². The Morgan fingerprint density at radius 3 is 1.35 bits per heavy atom. The van der Waals surface area contributed by atoms with E-state index >= 15 is 0 Å². The first-order valence-corrected chi connectivity index (χ1v) is 18.4. The summed E-state index contributed by atoms with van der Waals surface area (Å²) >= 11 is 1.79. The molecule has 52 heavy (non-hydrogen) atoms. The van der Waals surface area contributed by atoms with Crippen LogP contribution in [0, 0.1) is 0 Å². The van der Waals surface area contributed by atoms with Crippen LogP contribution in [0.2, 0.25) is 0 Å². The van der Waals surface area contributed by atoms with Crippen LogP contribution in [0.1, 0.15) is 0 Å². The molecule has 9 aromatic rings. The van der Waals surface area contributed by atoms with Crippen LogP contribution in [0.4, 0.5) is 17.1 Å². The lowest BCUT2D eigenvalue weighted by atomic mass is 9.99. The van der Waals surface area contributed by atoms with Crippen molar-refractivity contribution in [2.24, 2.45) is 0 Å². The molecule has 0 atom stereocenters. The second-order valence-corrected chi connectivity index (χ2v) is 14.2. The Morgan fingerprint density at radius 2 is 0.827 bits per heavy atom. The van der Waals surface area contributed by atoms with Gasteiger partial charge in [0.15, 0.2) is 0 Å². The largest absolute Gasteiger partial charge is 0.310 e. The van der Waals surface area contributed by atoms with E-state index in [1.165, 1.54) is 60.2 Å². The smallest absolute Gasteiger partial charge is 0.124 e. The summed E-state index contributed by atoms with van der Waals surface area (Å²) in [5.41, 5.74) is 15.3. The Bertz CT molecular complexity index is 2650. The molecule has 0 aliphatic heterocycles. The highest BCUT2D eigenvalue weighted by atomic mass is 32.1. The summed E-state index contributed by atoms with van der Waals surface area (Å²) in [6.07, 6.45) is 0. The van der Waals surface area contributed by atoms with Gasteiger partial charge in [0.25, 0.3) is 0 Å². The highest BCUT2D eigenvalue weighted by molar-refractivity contribution is 7.19. The molecule has 1 aliphatic carbocycles. The van der Waals surface area contributed by atoms with Crippen LogP contribution in [0.15, 0.2) is 194 Å². The minimum atomic E-state index is 1.06. The molecule has 3 heteroatoms. The van der Waals surface area contributed by atoms with E-state index in [2.05, 4.69) is 199 Å². The van der Waals surface area contributed by atoms with Gasteiger partial charge in [-0.3, -0.25) is 0 Å². The number of aromatic nitrogens is 1. The van der Waals surface area contributed by atoms with Gasteiger partial charge in [0.2, 0.25) is 0 Å². The fourth-order valence-corrected chi connectivity index (χ4v) is 8.63. The molecule has 1 aliphatic rings. The van der Waals surface area contributed by atoms with Crippen LogP contribution in [-0.4, -0.2) is 4.98 Å². The Morgan fingerprint density at radius 1 is 0.365 bits per heavy atom. The standard InChI is InChI=1S/C49H32N2S/c1-4-11-33(12-5-1)35-19-21-36(22-20-35)38-25-29-41(30-26-38)51(40-27-23-37(24-28-40)34-13-6-2-7-14-34)45-32-31-43-46-42(45)17-10-18-44(46)48-47(43)50-49(52-48)39-15-8-3-9-16-39/h1-32H. The molecule has 8 aromatic carbocycles. The Labute approximate surface area is 307 Å². The quantitative estimate of drug-likeness (QED) is 0.167. The minimum absolute atomic E-state index is 1.06. The molecule has 0 bridgehead atoms. The van der Waals surface area contributed by atoms with Gasteiger partial charge in [0, 0.05) is 38.8 Å². The fourth-order valence-electron chi connectivity index (χ4n) is 7.51. The summed E-state index contributed by atoms with van der Waals surface area (Å²) < 4.78 is 0. The monoisotopic (exact) mass is 680 g/mol. The van der Waals surface area contributed by atoms with E-state index < -0.39 is 0 Å². The summed E-state index contributed by atoms with van der Waals surface area (Å²) in [6.45, 7) is 0. The van der Waals surface area contributed by atoms with Crippen LogP contribution < -0.4 is 4.90 Å². The van der Waals surface area contributed by atoms with Crippen LogP contribution in [0.25, 0.3) is 76.4 Å². The summed E-state index contributed by atoms with van der Waals surface area (Å²) in [4.78, 5) is 8.84. The zero-order chi connectivity index (χ0) is 34.4. The Hall–Kier alpha value is -6.55. The highest BCUT2D eigenvalue weighted by Crippen LogP contribution is 2.54. The third-order valence-corrected chi connectivity index (χ3v) is 11.2. The van der Waals surface area contributed by atoms with Crippen molar-refractivity contribution in [2.45, 2.75) is 0 Å². The molecule has 0 saturated carbocycles. The molecule has 0 saturated heterocycles. The topological polar surface area (TPSA) is 16.1 Å². The average Bonchev–Trinajstić information content (AvgIpc) is 3.80. The van der Waals surface area contributed by atoms with Crippen molar-refractivity contribution in [1.29, 1.82) is 0 Å². The molecule has 0 amide bonds. The van der Waals surface area contributed by atoms with Crippen molar-refractivity contribution >= 4 is 39.2 Å². The van der Waals surface area contributed by atoms with Gasteiger partial charge in [-0.25, -0.2) is 4.98 Å². The maximum Gasteiger partial charge on any atom is 0.124 e. The van der Waals surface area contributed by atoms with E-state index in [0.717, 1.165) is 33.3 Å². The van der Waals surface area contributed by atoms with E-state index in [1.54, 1.807) is 11.3 Å². The lowest BCUT2D eigenvalue weighted by Gasteiger charge is -2.27. The number of nitrogens with zero attached hydrogens (tertiary/aromatic N) is 2. The highest BCUT2D eigenvalue weighted by Gasteiger charge is 2.28. The summed E-state index contributed by atoms with van der Waals surface area (Å²) in [5.74, 6) is 0. The van der Waals surface area contributed by atoms with Gasteiger partial charge in [-0.2, -0.15) is 0 Å². The van der Waals surface area contributed by atoms with E-state index in [9.17, 15) is 0 Å². The molecule has 1 aromatic heterocycles. The molecule has 0 unspecified atom stereocenters. The third-order valence-electron chi connectivity index (χ3n) is 10.1. The van der Waals surface area contributed by atoms with Gasteiger partial charge >= 0.3 is 0 Å². The molecular weight excluding hydrogens is 649 g/mol. The SMILES string of the molecule is c1ccc(-c2ccc(-c3ccc(N(c4ccc(-c5ccccc5)cc4)c4ccc5c6c(cccc46)-c4sc(-c6ccccc6)nc4-5)cc3)cc2)cc1. The van der Waals surface area contributed by atoms with Gasteiger partial charge in [-0.05, 0) is 63.7 Å². The van der Waals surface area contributed by atoms with E-state index in [-0.39, 0.29) is 0 Å². The molecule has 0 fully saturated rings. The number of hydrogen-bond donors (Lipinski definition) is 0. The lowest BCUT2D eigenvalue weighted by molar-refractivity contribution is 1.30. The average molecular weight is 681 g/mol. The van der Waals surface area contributed by atoms with Crippen LogP contribution in [0.5, 0.6) is 0 Å². The number of anilines is 3. The maximum absolute atomic E-state index is 5.20. The minimum Gasteiger partial charge on any atom is -0.310 e. The Kier molecular flexibility index (Phi) is 7.37. The molecule has 1 heterocycles. The predicted molar refractivity (Wildman–Crippen MR) is 220 cm³/mol. The molecule has 244 valence electrons. The zero-order valence-corrected chi connectivity index (χ0v) is 29.1. The van der Waals surface area contributed by atoms with Crippen molar-refractivity contribution in [3.63, 3.8) is 0 Å². The molecule has 10 rings (SSSR count). The fraction of sp³-hybridized carbons (Fsp3) is 0. The van der Waals surface area contributed by atoms with E-state index in [0.29, 0.717) is 0 Å². The van der Waals surface area contributed by atoms with Crippen molar-refractivity contribution in [2.75, 3.05) is 4.90 Å². The number of hydrogen-bond acceptors (Lipinski definition) is 3.